The number of carbonyl (C=O) groups excluding carboxylic acids is 1. The first kappa shape index (κ1) is 16.1. The van der Waals surface area contributed by atoms with Crippen LogP contribution in [0.25, 0.3) is 0 Å². The van der Waals surface area contributed by atoms with Gasteiger partial charge in [0, 0.05) is 39.1 Å². The quantitative estimate of drug-likeness (QED) is 0.591. The van der Waals surface area contributed by atoms with Crippen LogP contribution in [0.4, 0.5) is 0 Å². The van der Waals surface area contributed by atoms with E-state index in [1.54, 1.807) is 0 Å². The number of aryl methyl sites for hydroxylation is 1. The fourth-order valence-electron chi connectivity index (χ4n) is 1.85. The highest BCUT2D eigenvalue weighted by Gasteiger charge is 2.09. The number of guanidine groups is 1. The first-order chi connectivity index (χ1) is 9.58. The second-order valence-corrected chi connectivity index (χ2v) is 4.59. The Morgan fingerprint density at radius 2 is 2.05 bits per heavy atom. The average Bonchev–Trinajstić information content (AvgIpc) is 2.80. The summed E-state index contributed by atoms with van der Waals surface area (Å²) in [4.78, 5) is 17.8. The zero-order valence-electron chi connectivity index (χ0n) is 12.8. The van der Waals surface area contributed by atoms with Gasteiger partial charge in [0.15, 0.2) is 5.96 Å². The molecule has 0 aliphatic carbocycles. The summed E-state index contributed by atoms with van der Waals surface area (Å²) in [5.74, 6) is 0.676. The molecule has 0 spiro atoms. The van der Waals surface area contributed by atoms with Crippen LogP contribution in [0.15, 0.2) is 23.3 Å². The first-order valence-electron chi connectivity index (χ1n) is 6.94. The lowest BCUT2D eigenvalue weighted by Crippen LogP contribution is -2.39. The molecule has 0 bridgehead atoms. The molecule has 0 aliphatic heterocycles. The Morgan fingerprint density at radius 1 is 1.35 bits per heavy atom. The van der Waals surface area contributed by atoms with E-state index in [1.807, 2.05) is 45.1 Å². The Morgan fingerprint density at radius 3 is 2.60 bits per heavy atom. The summed E-state index contributed by atoms with van der Waals surface area (Å²) in [5.41, 5.74) is 1.19. The van der Waals surface area contributed by atoms with E-state index in [1.165, 1.54) is 5.69 Å². The third-order valence-corrected chi connectivity index (χ3v) is 2.89. The van der Waals surface area contributed by atoms with Gasteiger partial charge < -0.3 is 20.1 Å². The van der Waals surface area contributed by atoms with Gasteiger partial charge in [0.25, 0.3) is 0 Å². The van der Waals surface area contributed by atoms with E-state index in [0.717, 1.165) is 19.0 Å². The summed E-state index contributed by atoms with van der Waals surface area (Å²) in [5, 5.41) is 5.94. The topological polar surface area (TPSA) is 61.7 Å². The van der Waals surface area contributed by atoms with Gasteiger partial charge in [0.1, 0.15) is 6.54 Å². The normalized spacial score (nSPS) is 11.3. The SMILES string of the molecule is CCNC(=O)CN=C(NCC)N(C)Cc1cccn1C. The van der Waals surface area contributed by atoms with Crippen molar-refractivity contribution in [2.24, 2.45) is 12.0 Å². The maximum absolute atomic E-state index is 11.5. The van der Waals surface area contributed by atoms with Gasteiger partial charge in [0.05, 0.1) is 6.54 Å². The van der Waals surface area contributed by atoms with Crippen LogP contribution < -0.4 is 10.6 Å². The molecule has 0 aromatic carbocycles. The highest BCUT2D eigenvalue weighted by Crippen LogP contribution is 2.03. The molecule has 112 valence electrons. The molecule has 2 N–H and O–H groups in total. The van der Waals surface area contributed by atoms with Gasteiger partial charge in [-0.2, -0.15) is 0 Å². The summed E-state index contributed by atoms with van der Waals surface area (Å²) in [6.07, 6.45) is 2.02. The molecule has 1 amide bonds. The van der Waals surface area contributed by atoms with E-state index in [2.05, 4.69) is 26.3 Å². The second-order valence-electron chi connectivity index (χ2n) is 4.59. The largest absolute Gasteiger partial charge is 0.357 e. The highest BCUT2D eigenvalue weighted by molar-refractivity contribution is 5.84. The van der Waals surface area contributed by atoms with Crippen LogP contribution in [-0.4, -0.2) is 48.0 Å². The van der Waals surface area contributed by atoms with Crippen LogP contribution in [0.1, 0.15) is 19.5 Å². The van der Waals surface area contributed by atoms with Crippen molar-refractivity contribution in [3.8, 4) is 0 Å². The van der Waals surface area contributed by atoms with Crippen LogP contribution in [0.5, 0.6) is 0 Å². The Balaban J connectivity index is 2.66. The Kier molecular flexibility index (Phi) is 6.63. The monoisotopic (exact) mass is 279 g/mol. The number of amides is 1. The molecule has 1 heterocycles. The summed E-state index contributed by atoms with van der Waals surface area (Å²) in [6.45, 7) is 6.19. The van der Waals surface area contributed by atoms with Crippen LogP contribution in [0.2, 0.25) is 0 Å². The van der Waals surface area contributed by atoms with Crippen LogP contribution in [0.3, 0.4) is 0 Å². The number of hydrogen-bond acceptors (Lipinski definition) is 2. The van der Waals surface area contributed by atoms with E-state index in [0.29, 0.717) is 6.54 Å². The first-order valence-corrected chi connectivity index (χ1v) is 6.94. The lowest BCUT2D eigenvalue weighted by atomic mass is 10.4. The number of rotatable bonds is 6. The number of aromatic nitrogens is 1. The summed E-state index contributed by atoms with van der Waals surface area (Å²) < 4.78 is 2.07. The third-order valence-electron chi connectivity index (χ3n) is 2.89. The maximum atomic E-state index is 11.5. The third kappa shape index (κ3) is 4.95. The van der Waals surface area contributed by atoms with Crippen molar-refractivity contribution in [2.45, 2.75) is 20.4 Å². The van der Waals surface area contributed by atoms with Crippen LogP contribution >= 0.6 is 0 Å². The Bertz CT molecular complexity index is 452. The molecule has 6 nitrogen and oxygen atoms in total. The van der Waals surface area contributed by atoms with Gasteiger partial charge in [-0.3, -0.25) is 4.79 Å². The van der Waals surface area contributed by atoms with Crippen molar-refractivity contribution in [2.75, 3.05) is 26.7 Å². The molecule has 1 aromatic heterocycles. The molecule has 0 atom stereocenters. The number of hydrogen-bond donors (Lipinski definition) is 2. The Labute approximate surface area is 120 Å². The molecule has 0 saturated carbocycles. The smallest absolute Gasteiger partial charge is 0.241 e. The standard InChI is InChI=1S/C14H25N5O/c1-5-15-13(20)10-17-14(16-6-2)19(4)11-12-8-7-9-18(12)3/h7-9H,5-6,10-11H2,1-4H3,(H,15,20)(H,16,17). The Hall–Kier alpha value is -1.98. The van der Waals surface area contributed by atoms with E-state index in [-0.39, 0.29) is 12.5 Å². The molecular weight excluding hydrogens is 254 g/mol. The van der Waals surface area contributed by atoms with E-state index >= 15 is 0 Å². The summed E-state index contributed by atoms with van der Waals surface area (Å²) in [7, 11) is 3.98. The molecular formula is C14H25N5O. The lowest BCUT2D eigenvalue weighted by Gasteiger charge is -2.22. The summed E-state index contributed by atoms with van der Waals surface area (Å²) in [6, 6.07) is 4.09. The number of carbonyl (C=O) groups is 1. The van der Waals surface area contributed by atoms with Crippen molar-refractivity contribution in [3.05, 3.63) is 24.0 Å². The van der Waals surface area contributed by atoms with Crippen LogP contribution in [-0.2, 0) is 18.4 Å². The number of aliphatic imine (C=N–C) groups is 1. The van der Waals surface area contributed by atoms with E-state index < -0.39 is 0 Å². The van der Waals surface area contributed by atoms with Crippen molar-refractivity contribution in [1.82, 2.24) is 20.1 Å². The molecule has 0 saturated heterocycles. The van der Waals surface area contributed by atoms with Gasteiger partial charge >= 0.3 is 0 Å². The lowest BCUT2D eigenvalue weighted by molar-refractivity contribution is -0.119. The number of nitrogens with zero attached hydrogens (tertiary/aromatic N) is 3. The molecule has 0 radical (unpaired) electrons. The molecule has 1 aromatic rings. The van der Waals surface area contributed by atoms with Gasteiger partial charge in [0.2, 0.25) is 5.91 Å². The van der Waals surface area contributed by atoms with Crippen molar-refractivity contribution in [3.63, 3.8) is 0 Å². The number of likely N-dealkylation sites (N-methyl/N-ethyl adjacent to an activating group) is 1. The van der Waals surface area contributed by atoms with E-state index in [4.69, 9.17) is 0 Å². The van der Waals surface area contributed by atoms with Gasteiger partial charge in [-0.15, -0.1) is 0 Å². The zero-order chi connectivity index (χ0) is 15.0. The predicted octanol–water partition coefficient (Wildman–Crippen LogP) is 0.559. The molecule has 20 heavy (non-hydrogen) atoms. The van der Waals surface area contributed by atoms with E-state index in [9.17, 15) is 4.79 Å². The van der Waals surface area contributed by atoms with Crippen molar-refractivity contribution in [1.29, 1.82) is 0 Å². The minimum absolute atomic E-state index is 0.0600. The molecule has 6 heteroatoms. The molecule has 1 rings (SSSR count). The minimum Gasteiger partial charge on any atom is -0.357 e. The number of nitrogens with one attached hydrogen (secondary N) is 2. The van der Waals surface area contributed by atoms with Crippen LogP contribution in [0, 0.1) is 0 Å². The zero-order valence-corrected chi connectivity index (χ0v) is 12.8. The fraction of sp³-hybridized carbons (Fsp3) is 0.571. The van der Waals surface area contributed by atoms with Gasteiger partial charge in [-0.1, -0.05) is 0 Å². The highest BCUT2D eigenvalue weighted by atomic mass is 16.1. The van der Waals surface area contributed by atoms with Crippen molar-refractivity contribution < 1.29 is 4.79 Å². The molecule has 0 fully saturated rings. The van der Waals surface area contributed by atoms with Gasteiger partial charge in [-0.05, 0) is 26.0 Å². The molecule has 0 unspecified atom stereocenters. The van der Waals surface area contributed by atoms with Gasteiger partial charge in [-0.25, -0.2) is 4.99 Å². The fourth-order valence-corrected chi connectivity index (χ4v) is 1.85. The predicted molar refractivity (Wildman–Crippen MR) is 81.5 cm³/mol. The average molecular weight is 279 g/mol. The molecule has 0 aliphatic rings. The second kappa shape index (κ2) is 8.24. The maximum Gasteiger partial charge on any atom is 0.241 e. The minimum atomic E-state index is -0.0600. The summed E-state index contributed by atoms with van der Waals surface area (Å²) >= 11 is 0. The van der Waals surface area contributed by atoms with Crippen molar-refractivity contribution >= 4 is 11.9 Å².